The maximum atomic E-state index is 5.86. The number of hydrogen-bond acceptors (Lipinski definition) is 2. The van der Waals surface area contributed by atoms with E-state index >= 15 is 0 Å². The Labute approximate surface area is 56.8 Å². The summed E-state index contributed by atoms with van der Waals surface area (Å²) in [5.41, 5.74) is 5.86. The molecule has 1 fully saturated rings. The highest BCUT2D eigenvalue weighted by Crippen LogP contribution is 2.13. The largest absolute Gasteiger partial charge is 0.326 e. The van der Waals surface area contributed by atoms with Crippen LogP contribution in [0.3, 0.4) is 0 Å². The molecule has 0 aromatic carbocycles. The Morgan fingerprint density at radius 2 is 2.11 bits per heavy atom. The first-order valence-electron chi connectivity index (χ1n) is 3.71. The molecular weight excluding hydrogens is 112 g/mol. The first kappa shape index (κ1) is 7.03. The van der Waals surface area contributed by atoms with Crippen LogP contribution in [0.15, 0.2) is 0 Å². The summed E-state index contributed by atoms with van der Waals surface area (Å²) in [5, 5.41) is 3.34. The molecule has 2 nitrogen and oxygen atoms in total. The van der Waals surface area contributed by atoms with Crippen LogP contribution in [0.4, 0.5) is 0 Å². The molecule has 0 bridgehead atoms. The molecule has 1 rings (SSSR count). The summed E-state index contributed by atoms with van der Waals surface area (Å²) >= 11 is 0. The highest BCUT2D eigenvalue weighted by molar-refractivity contribution is 4.84. The predicted molar refractivity (Wildman–Crippen MR) is 39.2 cm³/mol. The monoisotopic (exact) mass is 128 g/mol. The van der Waals surface area contributed by atoms with Gasteiger partial charge in [-0.15, -0.1) is 0 Å². The van der Waals surface area contributed by atoms with E-state index in [0.717, 1.165) is 6.54 Å². The molecule has 0 aliphatic carbocycles. The molecule has 1 aliphatic heterocycles. The summed E-state index contributed by atoms with van der Waals surface area (Å²) in [7, 11) is 0. The third-order valence-corrected chi connectivity index (χ3v) is 2.30. The van der Waals surface area contributed by atoms with Gasteiger partial charge in [-0.3, -0.25) is 0 Å². The second-order valence-electron chi connectivity index (χ2n) is 3.09. The third kappa shape index (κ3) is 1.43. The Bertz CT molecular complexity index is 82.9. The van der Waals surface area contributed by atoms with Crippen LogP contribution in [0, 0.1) is 5.92 Å². The van der Waals surface area contributed by atoms with Gasteiger partial charge in [-0.1, -0.05) is 6.92 Å². The number of rotatable bonds is 0. The SMILES string of the molecule is CC1CCNC(C)C1N. The molecule has 3 N–H and O–H groups in total. The summed E-state index contributed by atoms with van der Waals surface area (Å²) < 4.78 is 0. The molecule has 54 valence electrons. The summed E-state index contributed by atoms with van der Waals surface area (Å²) in [6.45, 7) is 5.51. The fraction of sp³-hybridized carbons (Fsp3) is 1.00. The van der Waals surface area contributed by atoms with Crippen molar-refractivity contribution in [2.24, 2.45) is 11.7 Å². The zero-order valence-electron chi connectivity index (χ0n) is 6.22. The lowest BCUT2D eigenvalue weighted by atomic mass is 9.90. The van der Waals surface area contributed by atoms with Gasteiger partial charge in [0, 0.05) is 12.1 Å². The smallest absolute Gasteiger partial charge is 0.0218 e. The van der Waals surface area contributed by atoms with E-state index < -0.39 is 0 Å². The Balaban J connectivity index is 2.41. The van der Waals surface area contributed by atoms with Crippen LogP contribution in [0.5, 0.6) is 0 Å². The molecule has 0 amide bonds. The topological polar surface area (TPSA) is 38.0 Å². The van der Waals surface area contributed by atoms with Gasteiger partial charge < -0.3 is 11.1 Å². The van der Waals surface area contributed by atoms with Crippen molar-refractivity contribution < 1.29 is 0 Å². The summed E-state index contributed by atoms with van der Waals surface area (Å²) in [5.74, 6) is 0.696. The van der Waals surface area contributed by atoms with E-state index in [1.807, 2.05) is 0 Å². The summed E-state index contributed by atoms with van der Waals surface area (Å²) in [6.07, 6.45) is 1.23. The van der Waals surface area contributed by atoms with Crippen molar-refractivity contribution in [3.05, 3.63) is 0 Å². The average Bonchev–Trinajstić information content (AvgIpc) is 1.83. The highest BCUT2D eigenvalue weighted by Gasteiger charge is 2.22. The quantitative estimate of drug-likeness (QED) is 0.493. The molecule has 3 atom stereocenters. The minimum atomic E-state index is 0.360. The van der Waals surface area contributed by atoms with Crippen molar-refractivity contribution in [1.82, 2.24) is 5.32 Å². The van der Waals surface area contributed by atoms with E-state index in [2.05, 4.69) is 19.2 Å². The van der Waals surface area contributed by atoms with Crippen LogP contribution >= 0.6 is 0 Å². The summed E-state index contributed by atoms with van der Waals surface area (Å²) in [4.78, 5) is 0. The van der Waals surface area contributed by atoms with Crippen molar-refractivity contribution in [3.63, 3.8) is 0 Å². The van der Waals surface area contributed by atoms with Gasteiger partial charge in [-0.25, -0.2) is 0 Å². The van der Waals surface area contributed by atoms with Gasteiger partial charge in [0.2, 0.25) is 0 Å². The van der Waals surface area contributed by atoms with Gasteiger partial charge in [0.15, 0.2) is 0 Å². The molecule has 0 spiro atoms. The number of hydrogen-bond donors (Lipinski definition) is 2. The molecule has 0 saturated carbocycles. The zero-order chi connectivity index (χ0) is 6.85. The van der Waals surface area contributed by atoms with Crippen molar-refractivity contribution in [1.29, 1.82) is 0 Å². The van der Waals surface area contributed by atoms with Gasteiger partial charge in [0.1, 0.15) is 0 Å². The standard InChI is InChI=1S/C7H16N2/c1-5-3-4-9-6(2)7(5)8/h5-7,9H,3-4,8H2,1-2H3. The fourth-order valence-electron chi connectivity index (χ4n) is 1.36. The van der Waals surface area contributed by atoms with Gasteiger partial charge in [0.05, 0.1) is 0 Å². The number of nitrogens with one attached hydrogen (secondary N) is 1. The molecule has 0 radical (unpaired) electrons. The Morgan fingerprint density at radius 1 is 1.44 bits per heavy atom. The predicted octanol–water partition coefficient (Wildman–Crippen LogP) is 0.332. The van der Waals surface area contributed by atoms with E-state index in [9.17, 15) is 0 Å². The molecule has 1 heterocycles. The lowest BCUT2D eigenvalue weighted by molar-refractivity contribution is 0.285. The van der Waals surface area contributed by atoms with E-state index in [1.54, 1.807) is 0 Å². The van der Waals surface area contributed by atoms with Crippen LogP contribution < -0.4 is 11.1 Å². The maximum Gasteiger partial charge on any atom is 0.0218 e. The highest BCUT2D eigenvalue weighted by atomic mass is 15.0. The van der Waals surface area contributed by atoms with Gasteiger partial charge >= 0.3 is 0 Å². The Morgan fingerprint density at radius 3 is 2.56 bits per heavy atom. The average molecular weight is 128 g/mol. The molecule has 1 aliphatic rings. The van der Waals surface area contributed by atoms with Crippen LogP contribution in [-0.2, 0) is 0 Å². The summed E-state index contributed by atoms with van der Waals surface area (Å²) in [6, 6.07) is 0.868. The van der Waals surface area contributed by atoms with Crippen molar-refractivity contribution in [2.75, 3.05) is 6.54 Å². The zero-order valence-corrected chi connectivity index (χ0v) is 6.22. The van der Waals surface area contributed by atoms with Crippen LogP contribution in [0.1, 0.15) is 20.3 Å². The van der Waals surface area contributed by atoms with Crippen molar-refractivity contribution in [2.45, 2.75) is 32.4 Å². The van der Waals surface area contributed by atoms with Crippen LogP contribution in [0.2, 0.25) is 0 Å². The van der Waals surface area contributed by atoms with E-state index in [-0.39, 0.29) is 0 Å². The van der Waals surface area contributed by atoms with Gasteiger partial charge in [-0.2, -0.15) is 0 Å². The molecular formula is C7H16N2. The van der Waals surface area contributed by atoms with E-state index in [1.165, 1.54) is 6.42 Å². The van der Waals surface area contributed by atoms with Gasteiger partial charge in [0.25, 0.3) is 0 Å². The molecule has 0 aromatic rings. The molecule has 2 heteroatoms. The van der Waals surface area contributed by atoms with Crippen LogP contribution in [0.25, 0.3) is 0 Å². The Kier molecular flexibility index (Phi) is 2.09. The maximum absolute atomic E-state index is 5.86. The van der Waals surface area contributed by atoms with Gasteiger partial charge in [-0.05, 0) is 25.8 Å². The third-order valence-electron chi connectivity index (χ3n) is 2.30. The minimum absolute atomic E-state index is 0.360. The second kappa shape index (κ2) is 2.67. The van der Waals surface area contributed by atoms with E-state index in [0.29, 0.717) is 18.0 Å². The number of piperidine rings is 1. The van der Waals surface area contributed by atoms with Crippen molar-refractivity contribution in [3.8, 4) is 0 Å². The molecule has 1 saturated heterocycles. The minimum Gasteiger partial charge on any atom is -0.326 e. The first-order valence-corrected chi connectivity index (χ1v) is 3.71. The fourth-order valence-corrected chi connectivity index (χ4v) is 1.36. The normalized spacial score (nSPS) is 45.0. The molecule has 3 unspecified atom stereocenters. The lowest BCUT2D eigenvalue weighted by Gasteiger charge is -2.32. The second-order valence-corrected chi connectivity index (χ2v) is 3.09. The number of nitrogens with two attached hydrogens (primary N) is 1. The molecule has 9 heavy (non-hydrogen) atoms. The first-order chi connectivity index (χ1) is 4.22. The lowest BCUT2D eigenvalue weighted by Crippen LogP contribution is -2.51. The molecule has 0 aromatic heterocycles. The van der Waals surface area contributed by atoms with Crippen LogP contribution in [-0.4, -0.2) is 18.6 Å². The van der Waals surface area contributed by atoms with Crippen molar-refractivity contribution >= 4 is 0 Å². The Hall–Kier alpha value is -0.0800. The van der Waals surface area contributed by atoms with E-state index in [4.69, 9.17) is 5.73 Å².